The van der Waals surface area contributed by atoms with E-state index in [1.807, 2.05) is 25.1 Å². The summed E-state index contributed by atoms with van der Waals surface area (Å²) >= 11 is 14.4. The second-order valence-electron chi connectivity index (χ2n) is 4.00. The number of aryl methyl sites for hydroxylation is 1. The molecule has 1 aromatic carbocycles. The van der Waals surface area contributed by atoms with Crippen molar-refractivity contribution in [3.63, 3.8) is 0 Å². The van der Waals surface area contributed by atoms with Crippen LogP contribution in [0, 0.1) is 10.5 Å². The van der Waals surface area contributed by atoms with Gasteiger partial charge in [0.25, 0.3) is 0 Å². The maximum Gasteiger partial charge on any atom is 0.161 e. The Bertz CT molecular complexity index is 620. The fraction of sp³-hybridized carbons (Fsp3) is 0.231. The summed E-state index contributed by atoms with van der Waals surface area (Å²) in [5.41, 5.74) is 2.63. The van der Waals surface area contributed by atoms with E-state index < -0.39 is 0 Å². The Morgan fingerprint density at radius 3 is 2.63 bits per heavy atom. The average Bonchev–Trinajstić information content (AvgIpc) is 2.38. The Morgan fingerprint density at radius 2 is 2.00 bits per heavy atom. The largest absolute Gasteiger partial charge is 0.378 e. The van der Waals surface area contributed by atoms with Gasteiger partial charge in [-0.15, -0.1) is 0 Å². The number of benzene rings is 1. The van der Waals surface area contributed by atoms with Crippen molar-refractivity contribution in [1.29, 1.82) is 0 Å². The molecule has 0 N–H and O–H groups in total. The molecule has 19 heavy (non-hydrogen) atoms. The Balaban J connectivity index is 2.52. The zero-order valence-electron chi connectivity index (χ0n) is 10.4. The summed E-state index contributed by atoms with van der Waals surface area (Å²) in [6.45, 7) is 2.34. The minimum atomic E-state index is 0.396. The van der Waals surface area contributed by atoms with Crippen LogP contribution in [-0.4, -0.2) is 17.1 Å². The quantitative estimate of drug-likeness (QED) is 0.553. The fourth-order valence-corrected chi connectivity index (χ4v) is 2.32. The van der Waals surface area contributed by atoms with Crippen LogP contribution in [0.3, 0.4) is 0 Å². The summed E-state index contributed by atoms with van der Waals surface area (Å²) in [7, 11) is 1.62. The van der Waals surface area contributed by atoms with Crippen molar-refractivity contribution in [2.24, 2.45) is 0 Å². The molecule has 2 aromatic rings. The van der Waals surface area contributed by atoms with Crippen LogP contribution in [-0.2, 0) is 11.3 Å². The summed E-state index contributed by atoms with van der Waals surface area (Å²) in [6.07, 6.45) is 0. The van der Waals surface area contributed by atoms with E-state index in [4.69, 9.17) is 27.9 Å². The van der Waals surface area contributed by atoms with Crippen LogP contribution in [0.15, 0.2) is 18.2 Å². The van der Waals surface area contributed by atoms with Crippen molar-refractivity contribution in [1.82, 2.24) is 9.97 Å². The van der Waals surface area contributed by atoms with Gasteiger partial charge in [-0.05, 0) is 41.1 Å². The summed E-state index contributed by atoms with van der Waals surface area (Å²) in [5, 5.41) is 1.11. The SMILES string of the molecule is COCc1nc(-c2ccc(C)c(Cl)c2)nc(Cl)c1I. The van der Waals surface area contributed by atoms with Gasteiger partial charge in [-0.2, -0.15) is 0 Å². The zero-order valence-corrected chi connectivity index (χ0v) is 14.0. The zero-order chi connectivity index (χ0) is 14.0. The van der Waals surface area contributed by atoms with Crippen LogP contribution in [0.2, 0.25) is 10.2 Å². The Morgan fingerprint density at radius 1 is 1.26 bits per heavy atom. The molecule has 3 nitrogen and oxygen atoms in total. The lowest BCUT2D eigenvalue weighted by Gasteiger charge is -2.08. The first-order valence-electron chi connectivity index (χ1n) is 5.50. The standard InChI is InChI=1S/C13H11Cl2IN2O/c1-7-3-4-8(5-9(7)14)13-17-10(6-19-2)11(16)12(15)18-13/h3-5H,6H2,1-2H3. The van der Waals surface area contributed by atoms with Crippen molar-refractivity contribution < 1.29 is 4.74 Å². The van der Waals surface area contributed by atoms with Crippen LogP contribution in [0.1, 0.15) is 11.3 Å². The van der Waals surface area contributed by atoms with Gasteiger partial charge < -0.3 is 4.74 Å². The number of nitrogens with zero attached hydrogens (tertiary/aromatic N) is 2. The van der Waals surface area contributed by atoms with E-state index in [1.165, 1.54) is 0 Å². The molecule has 0 saturated heterocycles. The molecular weight excluding hydrogens is 398 g/mol. The lowest BCUT2D eigenvalue weighted by molar-refractivity contribution is 0.181. The van der Waals surface area contributed by atoms with Crippen molar-refractivity contribution in [2.75, 3.05) is 7.11 Å². The predicted molar refractivity (Wildman–Crippen MR) is 85.7 cm³/mol. The maximum atomic E-state index is 6.13. The molecule has 0 amide bonds. The number of hydrogen-bond donors (Lipinski definition) is 0. The van der Waals surface area contributed by atoms with Gasteiger partial charge in [0, 0.05) is 17.7 Å². The first-order chi connectivity index (χ1) is 9.02. The highest BCUT2D eigenvalue weighted by Gasteiger charge is 2.12. The van der Waals surface area contributed by atoms with Crippen LogP contribution in [0.25, 0.3) is 11.4 Å². The van der Waals surface area contributed by atoms with E-state index in [1.54, 1.807) is 7.11 Å². The molecule has 0 saturated carbocycles. The molecule has 1 heterocycles. The number of hydrogen-bond acceptors (Lipinski definition) is 3. The van der Waals surface area contributed by atoms with Crippen LogP contribution < -0.4 is 0 Å². The summed E-state index contributed by atoms with van der Waals surface area (Å²) in [4.78, 5) is 8.77. The lowest BCUT2D eigenvalue weighted by atomic mass is 10.1. The average molecular weight is 409 g/mol. The molecule has 0 bridgehead atoms. The fourth-order valence-electron chi connectivity index (χ4n) is 1.56. The van der Waals surface area contributed by atoms with E-state index in [9.17, 15) is 0 Å². The van der Waals surface area contributed by atoms with Crippen LogP contribution in [0.4, 0.5) is 0 Å². The summed E-state index contributed by atoms with van der Waals surface area (Å²) in [5.74, 6) is 0.555. The van der Waals surface area contributed by atoms with Crippen molar-refractivity contribution >= 4 is 45.8 Å². The lowest BCUT2D eigenvalue weighted by Crippen LogP contribution is -2.02. The summed E-state index contributed by atoms with van der Waals surface area (Å²) < 4.78 is 5.93. The molecule has 6 heteroatoms. The molecule has 0 spiro atoms. The number of methoxy groups -OCH3 is 1. The van der Waals surface area contributed by atoms with E-state index in [-0.39, 0.29) is 0 Å². The Hall–Kier alpha value is -0.430. The monoisotopic (exact) mass is 408 g/mol. The van der Waals surface area contributed by atoms with Gasteiger partial charge in [0.1, 0.15) is 5.15 Å². The number of rotatable bonds is 3. The molecule has 2 rings (SSSR count). The molecular formula is C13H11Cl2IN2O. The summed E-state index contributed by atoms with van der Waals surface area (Å²) in [6, 6.07) is 5.70. The molecule has 0 aliphatic carbocycles. The molecule has 1 aromatic heterocycles. The van der Waals surface area contributed by atoms with E-state index in [2.05, 4.69) is 32.6 Å². The number of ether oxygens (including phenoxy) is 1. The highest BCUT2D eigenvalue weighted by molar-refractivity contribution is 14.1. The third-order valence-electron chi connectivity index (χ3n) is 2.59. The molecule has 0 fully saturated rings. The van der Waals surface area contributed by atoms with E-state index >= 15 is 0 Å². The van der Waals surface area contributed by atoms with Gasteiger partial charge in [0.15, 0.2) is 5.82 Å². The molecule has 100 valence electrons. The Labute approximate surface area is 135 Å². The van der Waals surface area contributed by atoms with Gasteiger partial charge in [0.05, 0.1) is 15.9 Å². The third kappa shape index (κ3) is 3.37. The van der Waals surface area contributed by atoms with Gasteiger partial charge in [-0.3, -0.25) is 0 Å². The number of halogens is 3. The van der Waals surface area contributed by atoms with E-state index in [0.717, 1.165) is 20.4 Å². The normalized spacial score (nSPS) is 10.8. The van der Waals surface area contributed by atoms with E-state index in [0.29, 0.717) is 22.6 Å². The molecule has 0 unspecified atom stereocenters. The first-order valence-corrected chi connectivity index (χ1v) is 7.33. The molecule has 0 atom stereocenters. The highest BCUT2D eigenvalue weighted by atomic mass is 127. The molecule has 0 radical (unpaired) electrons. The number of aromatic nitrogens is 2. The molecule has 0 aliphatic heterocycles. The Kier molecular flexibility index (Phi) is 5.00. The van der Waals surface area contributed by atoms with Gasteiger partial charge in [-0.25, -0.2) is 9.97 Å². The van der Waals surface area contributed by atoms with Gasteiger partial charge in [-0.1, -0.05) is 35.3 Å². The maximum absolute atomic E-state index is 6.13. The second-order valence-corrected chi connectivity index (χ2v) is 5.84. The predicted octanol–water partition coefficient (Wildman–Crippen LogP) is 4.51. The minimum absolute atomic E-state index is 0.396. The van der Waals surface area contributed by atoms with Crippen molar-refractivity contribution in [3.8, 4) is 11.4 Å². The van der Waals surface area contributed by atoms with Crippen LogP contribution in [0.5, 0.6) is 0 Å². The van der Waals surface area contributed by atoms with Crippen molar-refractivity contribution in [3.05, 3.63) is 43.2 Å². The van der Waals surface area contributed by atoms with Gasteiger partial charge in [0.2, 0.25) is 0 Å². The van der Waals surface area contributed by atoms with Crippen LogP contribution >= 0.6 is 45.8 Å². The smallest absolute Gasteiger partial charge is 0.161 e. The van der Waals surface area contributed by atoms with Crippen molar-refractivity contribution in [2.45, 2.75) is 13.5 Å². The minimum Gasteiger partial charge on any atom is -0.378 e. The second kappa shape index (κ2) is 6.35. The highest BCUT2D eigenvalue weighted by Crippen LogP contribution is 2.27. The topological polar surface area (TPSA) is 35.0 Å². The van der Waals surface area contributed by atoms with Gasteiger partial charge >= 0.3 is 0 Å². The first kappa shape index (κ1) is 15.0. The third-order valence-corrected chi connectivity index (χ3v) is 4.72. The molecule has 0 aliphatic rings.